The third-order valence-electron chi connectivity index (χ3n) is 3.12. The zero-order valence-electron chi connectivity index (χ0n) is 9.45. The summed E-state index contributed by atoms with van der Waals surface area (Å²) < 4.78 is 6.29. The smallest absolute Gasteiger partial charge is 0.135 e. The lowest BCUT2D eigenvalue weighted by atomic mass is 10.1. The molecule has 3 nitrogen and oxygen atoms in total. The van der Waals surface area contributed by atoms with E-state index in [-0.39, 0.29) is 0 Å². The van der Waals surface area contributed by atoms with Crippen LogP contribution in [0, 0.1) is 5.92 Å². The normalized spacial score (nSPS) is 20.2. The molecular weight excluding hydrogens is 268 g/mol. The molecule has 1 saturated heterocycles. The average Bonchev–Trinajstić information content (AvgIpc) is 2.78. The summed E-state index contributed by atoms with van der Waals surface area (Å²) in [5.74, 6) is 1.52. The van der Waals surface area contributed by atoms with Gasteiger partial charge >= 0.3 is 0 Å². The SMILES string of the molecule is COc1cc(N2CCC(CN)C2)ccc1Br. The molecule has 0 aromatic heterocycles. The van der Waals surface area contributed by atoms with Gasteiger partial charge in [-0.15, -0.1) is 0 Å². The number of ether oxygens (including phenoxy) is 1. The van der Waals surface area contributed by atoms with Crippen molar-refractivity contribution < 1.29 is 4.74 Å². The second-order valence-electron chi connectivity index (χ2n) is 4.16. The minimum Gasteiger partial charge on any atom is -0.495 e. The van der Waals surface area contributed by atoms with E-state index in [0.717, 1.165) is 29.9 Å². The number of hydrogen-bond acceptors (Lipinski definition) is 3. The second kappa shape index (κ2) is 5.06. The maximum absolute atomic E-state index is 5.70. The Morgan fingerprint density at radius 1 is 1.56 bits per heavy atom. The van der Waals surface area contributed by atoms with E-state index >= 15 is 0 Å². The van der Waals surface area contributed by atoms with Crippen molar-refractivity contribution in [2.75, 3.05) is 31.6 Å². The molecule has 2 N–H and O–H groups in total. The number of benzene rings is 1. The maximum atomic E-state index is 5.70. The van der Waals surface area contributed by atoms with Gasteiger partial charge in [0.25, 0.3) is 0 Å². The molecule has 1 aliphatic heterocycles. The number of halogens is 1. The van der Waals surface area contributed by atoms with Crippen LogP contribution in [0.4, 0.5) is 5.69 Å². The fourth-order valence-corrected chi connectivity index (χ4v) is 2.51. The van der Waals surface area contributed by atoms with E-state index in [2.05, 4.69) is 33.0 Å². The standard InChI is InChI=1S/C12H17BrN2O/c1-16-12-6-10(2-3-11(12)13)15-5-4-9(7-14)8-15/h2-3,6,9H,4-5,7-8,14H2,1H3. The number of rotatable bonds is 3. The summed E-state index contributed by atoms with van der Waals surface area (Å²) in [6.45, 7) is 2.93. The molecule has 1 heterocycles. The molecule has 2 rings (SSSR count). The first-order valence-corrected chi connectivity index (χ1v) is 6.32. The van der Waals surface area contributed by atoms with E-state index in [9.17, 15) is 0 Å². The summed E-state index contributed by atoms with van der Waals surface area (Å²) in [4.78, 5) is 2.37. The van der Waals surface area contributed by atoms with Gasteiger partial charge in [0.15, 0.2) is 0 Å². The van der Waals surface area contributed by atoms with Gasteiger partial charge in [0, 0.05) is 24.8 Å². The largest absolute Gasteiger partial charge is 0.495 e. The van der Waals surface area contributed by atoms with Gasteiger partial charge in [0.2, 0.25) is 0 Å². The first-order chi connectivity index (χ1) is 7.74. The molecule has 1 fully saturated rings. The Hall–Kier alpha value is -0.740. The van der Waals surface area contributed by atoms with E-state index < -0.39 is 0 Å². The Morgan fingerprint density at radius 2 is 2.38 bits per heavy atom. The molecule has 0 spiro atoms. The van der Waals surface area contributed by atoms with Gasteiger partial charge in [-0.05, 0) is 46.9 Å². The van der Waals surface area contributed by atoms with Crippen LogP contribution >= 0.6 is 15.9 Å². The fourth-order valence-electron chi connectivity index (χ4n) is 2.10. The van der Waals surface area contributed by atoms with Crippen LogP contribution in [0.25, 0.3) is 0 Å². The van der Waals surface area contributed by atoms with Gasteiger partial charge in [-0.1, -0.05) is 0 Å². The molecule has 4 heteroatoms. The van der Waals surface area contributed by atoms with Crippen LogP contribution in [0.15, 0.2) is 22.7 Å². The predicted octanol–water partition coefficient (Wildman–Crippen LogP) is 2.24. The molecule has 0 radical (unpaired) electrons. The molecule has 1 aliphatic rings. The lowest BCUT2D eigenvalue weighted by molar-refractivity contribution is 0.412. The van der Waals surface area contributed by atoms with Crippen molar-refractivity contribution in [3.8, 4) is 5.75 Å². The quantitative estimate of drug-likeness (QED) is 0.925. The third-order valence-corrected chi connectivity index (χ3v) is 3.77. The van der Waals surface area contributed by atoms with Gasteiger partial charge < -0.3 is 15.4 Å². The van der Waals surface area contributed by atoms with Crippen LogP contribution in [0.5, 0.6) is 5.75 Å². The first kappa shape index (κ1) is 11.7. The molecule has 0 aliphatic carbocycles. The van der Waals surface area contributed by atoms with Crippen LogP contribution in [0.3, 0.4) is 0 Å². The third kappa shape index (κ3) is 2.33. The van der Waals surface area contributed by atoms with E-state index in [1.54, 1.807) is 7.11 Å². The summed E-state index contributed by atoms with van der Waals surface area (Å²) in [5.41, 5.74) is 6.91. The van der Waals surface area contributed by atoms with Crippen molar-refractivity contribution in [1.82, 2.24) is 0 Å². The minimum atomic E-state index is 0.634. The molecular formula is C12H17BrN2O. The molecule has 1 unspecified atom stereocenters. The second-order valence-corrected chi connectivity index (χ2v) is 5.01. The zero-order chi connectivity index (χ0) is 11.5. The summed E-state index contributed by atoms with van der Waals surface area (Å²) in [6.07, 6.45) is 1.19. The topological polar surface area (TPSA) is 38.5 Å². The van der Waals surface area contributed by atoms with Crippen molar-refractivity contribution in [2.24, 2.45) is 11.7 Å². The highest BCUT2D eigenvalue weighted by Crippen LogP contribution is 2.31. The Balaban J connectivity index is 2.15. The number of anilines is 1. The molecule has 1 aromatic rings. The Labute approximate surface area is 105 Å². The number of hydrogen-bond donors (Lipinski definition) is 1. The summed E-state index contributed by atoms with van der Waals surface area (Å²) >= 11 is 3.46. The summed E-state index contributed by atoms with van der Waals surface area (Å²) in [5, 5.41) is 0. The predicted molar refractivity (Wildman–Crippen MR) is 70.1 cm³/mol. The highest BCUT2D eigenvalue weighted by Gasteiger charge is 2.21. The Kier molecular flexibility index (Phi) is 3.71. The highest BCUT2D eigenvalue weighted by molar-refractivity contribution is 9.10. The monoisotopic (exact) mass is 284 g/mol. The van der Waals surface area contributed by atoms with Gasteiger partial charge in [-0.2, -0.15) is 0 Å². The van der Waals surface area contributed by atoms with Crippen molar-refractivity contribution in [3.63, 3.8) is 0 Å². The van der Waals surface area contributed by atoms with Crippen LogP contribution < -0.4 is 15.4 Å². The van der Waals surface area contributed by atoms with Crippen LogP contribution in [0.1, 0.15) is 6.42 Å². The highest BCUT2D eigenvalue weighted by atomic mass is 79.9. The molecule has 1 atom stereocenters. The molecule has 0 bridgehead atoms. The van der Waals surface area contributed by atoms with Crippen molar-refractivity contribution >= 4 is 21.6 Å². The van der Waals surface area contributed by atoms with Crippen LogP contribution in [-0.2, 0) is 0 Å². The van der Waals surface area contributed by atoms with Crippen molar-refractivity contribution in [1.29, 1.82) is 0 Å². The van der Waals surface area contributed by atoms with E-state index in [1.165, 1.54) is 12.1 Å². The average molecular weight is 285 g/mol. The van der Waals surface area contributed by atoms with Gasteiger partial charge in [-0.3, -0.25) is 0 Å². The lowest BCUT2D eigenvalue weighted by Crippen LogP contribution is -2.22. The molecule has 0 amide bonds. The van der Waals surface area contributed by atoms with Crippen molar-refractivity contribution in [3.05, 3.63) is 22.7 Å². The summed E-state index contributed by atoms with van der Waals surface area (Å²) in [7, 11) is 1.69. The molecule has 1 aromatic carbocycles. The number of nitrogens with zero attached hydrogens (tertiary/aromatic N) is 1. The van der Waals surface area contributed by atoms with E-state index in [1.807, 2.05) is 6.07 Å². The van der Waals surface area contributed by atoms with E-state index in [0.29, 0.717) is 5.92 Å². The Bertz CT molecular complexity index is 370. The van der Waals surface area contributed by atoms with Crippen molar-refractivity contribution in [2.45, 2.75) is 6.42 Å². The van der Waals surface area contributed by atoms with Gasteiger partial charge in [0.05, 0.1) is 11.6 Å². The number of methoxy groups -OCH3 is 1. The molecule has 88 valence electrons. The molecule has 0 saturated carbocycles. The van der Waals surface area contributed by atoms with E-state index in [4.69, 9.17) is 10.5 Å². The maximum Gasteiger partial charge on any atom is 0.135 e. The minimum absolute atomic E-state index is 0.634. The first-order valence-electron chi connectivity index (χ1n) is 5.53. The van der Waals surface area contributed by atoms with Crippen LogP contribution in [0.2, 0.25) is 0 Å². The fraction of sp³-hybridized carbons (Fsp3) is 0.500. The molecule has 16 heavy (non-hydrogen) atoms. The Morgan fingerprint density at radius 3 is 3.00 bits per heavy atom. The number of nitrogens with two attached hydrogens (primary N) is 1. The van der Waals surface area contributed by atoms with Crippen LogP contribution in [-0.4, -0.2) is 26.7 Å². The lowest BCUT2D eigenvalue weighted by Gasteiger charge is -2.19. The summed E-state index contributed by atoms with van der Waals surface area (Å²) in [6, 6.07) is 6.22. The zero-order valence-corrected chi connectivity index (χ0v) is 11.0. The van der Waals surface area contributed by atoms with Gasteiger partial charge in [0.1, 0.15) is 5.75 Å². The van der Waals surface area contributed by atoms with Gasteiger partial charge in [-0.25, -0.2) is 0 Å².